The van der Waals surface area contributed by atoms with Gasteiger partial charge in [-0.25, -0.2) is 0 Å². The number of fused-ring (bicyclic) bond motifs is 1. The zero-order valence-electron chi connectivity index (χ0n) is 11.6. The molecule has 1 saturated carbocycles. The number of nitrogens with one attached hydrogen (secondary N) is 1. The number of anilines is 1. The number of hydrogen-bond acceptors (Lipinski definition) is 5. The van der Waals surface area contributed by atoms with E-state index in [9.17, 15) is 0 Å². The fourth-order valence-corrected chi connectivity index (χ4v) is 3.74. The molecule has 0 aliphatic heterocycles. The number of thioether (sulfide) groups is 1. The van der Waals surface area contributed by atoms with Gasteiger partial charge in [0.25, 0.3) is 5.78 Å². The van der Waals surface area contributed by atoms with Crippen molar-refractivity contribution < 1.29 is 0 Å². The van der Waals surface area contributed by atoms with Crippen LogP contribution in [0, 0.1) is 6.92 Å². The second-order valence-corrected chi connectivity index (χ2v) is 6.71. The Balaban J connectivity index is 1.90. The van der Waals surface area contributed by atoms with Crippen LogP contribution in [0.15, 0.2) is 6.33 Å². The summed E-state index contributed by atoms with van der Waals surface area (Å²) in [5.74, 6) is 1.46. The monoisotopic (exact) mass is 311 g/mol. The van der Waals surface area contributed by atoms with E-state index in [1.54, 1.807) is 4.52 Å². The summed E-state index contributed by atoms with van der Waals surface area (Å²) in [6.45, 7) is 1.97. The van der Waals surface area contributed by atoms with Crippen LogP contribution in [0.25, 0.3) is 5.78 Å². The van der Waals surface area contributed by atoms with Gasteiger partial charge in [0, 0.05) is 16.9 Å². The Morgan fingerprint density at radius 2 is 2.30 bits per heavy atom. The van der Waals surface area contributed by atoms with Crippen molar-refractivity contribution in [2.45, 2.75) is 43.9 Å². The van der Waals surface area contributed by atoms with Crippen molar-refractivity contribution in [2.24, 2.45) is 0 Å². The van der Waals surface area contributed by atoms with Crippen LogP contribution in [0.1, 0.15) is 31.2 Å². The molecule has 2 aromatic heterocycles. The summed E-state index contributed by atoms with van der Waals surface area (Å²) in [5, 5.41) is 9.08. The Morgan fingerprint density at radius 1 is 1.45 bits per heavy atom. The van der Waals surface area contributed by atoms with Crippen LogP contribution in [-0.4, -0.2) is 37.1 Å². The Bertz CT molecular complexity index is 614. The highest BCUT2D eigenvalue weighted by Gasteiger charge is 2.23. The van der Waals surface area contributed by atoms with E-state index < -0.39 is 0 Å². The molecular formula is C13H18ClN5S. The van der Waals surface area contributed by atoms with Gasteiger partial charge >= 0.3 is 0 Å². The van der Waals surface area contributed by atoms with E-state index in [2.05, 4.69) is 26.6 Å². The van der Waals surface area contributed by atoms with Crippen LogP contribution in [0.5, 0.6) is 0 Å². The third kappa shape index (κ3) is 2.59. The number of hydrogen-bond donors (Lipinski definition) is 1. The first-order valence-corrected chi connectivity index (χ1v) is 8.50. The molecule has 1 fully saturated rings. The normalized spacial score (nSPS) is 23.1. The smallest absolute Gasteiger partial charge is 0.255 e. The van der Waals surface area contributed by atoms with Crippen molar-refractivity contribution in [1.29, 1.82) is 0 Å². The predicted octanol–water partition coefficient (Wildman–Crippen LogP) is 3.17. The summed E-state index contributed by atoms with van der Waals surface area (Å²) < 4.78 is 1.74. The van der Waals surface area contributed by atoms with E-state index in [4.69, 9.17) is 11.6 Å². The molecule has 5 nitrogen and oxygen atoms in total. The average molecular weight is 312 g/mol. The minimum absolute atomic E-state index is 0.464. The second kappa shape index (κ2) is 5.77. The summed E-state index contributed by atoms with van der Waals surface area (Å²) in [6.07, 6.45) is 8.64. The molecule has 7 heteroatoms. The highest BCUT2D eigenvalue weighted by atomic mass is 35.5. The first-order valence-electron chi connectivity index (χ1n) is 6.84. The molecule has 0 aromatic carbocycles. The Hall–Kier alpha value is -1.01. The van der Waals surface area contributed by atoms with Gasteiger partial charge in [0.1, 0.15) is 17.3 Å². The van der Waals surface area contributed by atoms with Crippen LogP contribution >= 0.6 is 23.4 Å². The van der Waals surface area contributed by atoms with Crippen molar-refractivity contribution in [3.05, 3.63) is 17.0 Å². The van der Waals surface area contributed by atoms with Gasteiger partial charge in [0.15, 0.2) is 0 Å². The molecule has 1 N–H and O–H groups in total. The number of halogens is 1. The minimum atomic E-state index is 0.464. The third-order valence-electron chi connectivity index (χ3n) is 3.90. The lowest BCUT2D eigenvalue weighted by molar-refractivity contribution is 0.471. The SMILES string of the molecule is CSC1CCCC(Nc2c(C)c(Cl)nc3ncnn23)C1. The molecule has 0 saturated heterocycles. The lowest BCUT2D eigenvalue weighted by Crippen LogP contribution is -2.30. The van der Waals surface area contributed by atoms with Gasteiger partial charge in [-0.1, -0.05) is 18.0 Å². The number of nitrogens with zero attached hydrogens (tertiary/aromatic N) is 4. The largest absolute Gasteiger partial charge is 0.367 e. The van der Waals surface area contributed by atoms with Crippen LogP contribution in [0.2, 0.25) is 5.15 Å². The molecule has 1 aliphatic rings. The Labute approximate surface area is 127 Å². The molecule has 0 spiro atoms. The number of aromatic nitrogens is 4. The maximum Gasteiger partial charge on any atom is 0.255 e. The van der Waals surface area contributed by atoms with Gasteiger partial charge in [0.2, 0.25) is 0 Å². The van der Waals surface area contributed by atoms with Crippen molar-refractivity contribution in [3.8, 4) is 0 Å². The predicted molar refractivity (Wildman–Crippen MR) is 83.7 cm³/mol. The number of rotatable bonds is 3. The lowest BCUT2D eigenvalue weighted by Gasteiger charge is -2.29. The van der Waals surface area contributed by atoms with Gasteiger partial charge in [-0.2, -0.15) is 31.3 Å². The first-order chi connectivity index (χ1) is 9.69. The summed E-state index contributed by atoms with van der Waals surface area (Å²) in [5.41, 5.74) is 0.927. The molecule has 2 aromatic rings. The highest BCUT2D eigenvalue weighted by Crippen LogP contribution is 2.30. The molecule has 0 amide bonds. The molecule has 3 rings (SSSR count). The van der Waals surface area contributed by atoms with Crippen molar-refractivity contribution >= 4 is 35.0 Å². The quantitative estimate of drug-likeness (QED) is 0.882. The van der Waals surface area contributed by atoms with E-state index in [1.807, 2.05) is 18.7 Å². The van der Waals surface area contributed by atoms with Crippen LogP contribution < -0.4 is 5.32 Å². The molecule has 1 aliphatic carbocycles. The molecule has 108 valence electrons. The van der Waals surface area contributed by atoms with Gasteiger partial charge in [-0.3, -0.25) is 0 Å². The fourth-order valence-electron chi connectivity index (χ4n) is 2.75. The average Bonchev–Trinajstić information content (AvgIpc) is 2.92. The summed E-state index contributed by atoms with van der Waals surface area (Å²) >= 11 is 8.15. The third-order valence-corrected chi connectivity index (χ3v) is 5.37. The molecule has 20 heavy (non-hydrogen) atoms. The van der Waals surface area contributed by atoms with Crippen LogP contribution in [0.4, 0.5) is 5.82 Å². The second-order valence-electron chi connectivity index (χ2n) is 5.21. The van der Waals surface area contributed by atoms with Gasteiger partial charge in [-0.05, 0) is 32.4 Å². The van der Waals surface area contributed by atoms with Gasteiger partial charge in [0.05, 0.1) is 0 Å². The maximum absolute atomic E-state index is 6.19. The van der Waals surface area contributed by atoms with Crippen LogP contribution in [0.3, 0.4) is 0 Å². The van der Waals surface area contributed by atoms with E-state index in [0.717, 1.165) is 16.6 Å². The molecule has 0 bridgehead atoms. The maximum atomic E-state index is 6.19. The van der Waals surface area contributed by atoms with Crippen molar-refractivity contribution in [2.75, 3.05) is 11.6 Å². The first kappa shape index (κ1) is 13.9. The minimum Gasteiger partial charge on any atom is -0.367 e. The van der Waals surface area contributed by atoms with E-state index in [-0.39, 0.29) is 0 Å². The van der Waals surface area contributed by atoms with Gasteiger partial charge in [-0.15, -0.1) is 0 Å². The van der Waals surface area contributed by atoms with E-state index in [1.165, 1.54) is 32.0 Å². The lowest BCUT2D eigenvalue weighted by atomic mass is 9.95. The summed E-state index contributed by atoms with van der Waals surface area (Å²) in [7, 11) is 0. The molecule has 2 unspecified atom stereocenters. The zero-order valence-corrected chi connectivity index (χ0v) is 13.2. The molecule has 2 heterocycles. The molecular weight excluding hydrogens is 294 g/mol. The summed E-state index contributed by atoms with van der Waals surface area (Å²) in [4.78, 5) is 8.35. The fraction of sp³-hybridized carbons (Fsp3) is 0.615. The summed E-state index contributed by atoms with van der Waals surface area (Å²) in [6, 6.07) is 0.464. The zero-order chi connectivity index (χ0) is 14.1. The topological polar surface area (TPSA) is 55.1 Å². The van der Waals surface area contributed by atoms with E-state index in [0.29, 0.717) is 17.0 Å². The highest BCUT2D eigenvalue weighted by molar-refractivity contribution is 7.99. The van der Waals surface area contributed by atoms with Crippen molar-refractivity contribution in [3.63, 3.8) is 0 Å². The Morgan fingerprint density at radius 3 is 3.10 bits per heavy atom. The van der Waals surface area contributed by atoms with E-state index >= 15 is 0 Å². The van der Waals surface area contributed by atoms with Gasteiger partial charge < -0.3 is 5.32 Å². The molecule has 0 radical (unpaired) electrons. The standard InChI is InChI=1S/C13H18ClN5S/c1-8-11(14)18-13-15-7-16-19(13)12(8)17-9-4-3-5-10(6-9)20-2/h7,9-10,17H,3-6H2,1-2H3. The van der Waals surface area contributed by atoms with Crippen molar-refractivity contribution in [1.82, 2.24) is 19.6 Å². The Kier molecular flexibility index (Phi) is 4.03. The van der Waals surface area contributed by atoms with Crippen LogP contribution in [-0.2, 0) is 0 Å². The molecule has 2 atom stereocenters.